The second-order valence-electron chi connectivity index (χ2n) is 10.1. The van der Waals surface area contributed by atoms with Crippen LogP contribution in [0.5, 0.6) is 5.75 Å². The molecule has 1 aromatic heterocycles. The number of aromatic nitrogens is 1. The van der Waals surface area contributed by atoms with Crippen LogP contribution in [-0.2, 0) is 9.59 Å². The summed E-state index contributed by atoms with van der Waals surface area (Å²) in [5.41, 5.74) is 3.18. The fraction of sp³-hybridized carbons (Fsp3) is 0.111. The van der Waals surface area contributed by atoms with Crippen molar-refractivity contribution in [3.63, 3.8) is 0 Å². The Hall–Kier alpha value is -4.90. The number of halogens is 1. The molecule has 3 amide bonds. The van der Waals surface area contributed by atoms with Crippen molar-refractivity contribution in [2.75, 3.05) is 17.2 Å². The lowest BCUT2D eigenvalue weighted by Crippen LogP contribution is -2.30. The first kappa shape index (κ1) is 33.5. The average Bonchev–Trinajstić information content (AvgIpc) is 3.54. The van der Waals surface area contributed by atoms with E-state index in [2.05, 4.69) is 20.9 Å². The summed E-state index contributed by atoms with van der Waals surface area (Å²) >= 11 is 9.04. The maximum absolute atomic E-state index is 13.5. The number of ether oxygens (including phenoxy) is 1. The smallest absolute Gasteiger partial charge is 0.272 e. The van der Waals surface area contributed by atoms with Gasteiger partial charge in [-0.25, -0.2) is 4.98 Å². The first-order valence-corrected chi connectivity index (χ1v) is 16.8. The number of benzene rings is 4. The topological polar surface area (TPSA) is 109 Å². The van der Waals surface area contributed by atoms with E-state index in [-0.39, 0.29) is 11.6 Å². The number of carbonyl (C=O) groups is 3. The zero-order valence-electron chi connectivity index (χ0n) is 25.5. The summed E-state index contributed by atoms with van der Waals surface area (Å²) in [5, 5.41) is 10.8. The summed E-state index contributed by atoms with van der Waals surface area (Å²) in [6.45, 7) is 4.33. The van der Waals surface area contributed by atoms with E-state index in [0.717, 1.165) is 21.9 Å². The van der Waals surface area contributed by atoms with Gasteiger partial charge in [-0.1, -0.05) is 54.1 Å². The second kappa shape index (κ2) is 16.1. The van der Waals surface area contributed by atoms with Gasteiger partial charge in [-0.3, -0.25) is 14.4 Å². The number of nitrogens with one attached hydrogen (secondary N) is 3. The van der Waals surface area contributed by atoms with Gasteiger partial charge in [-0.05, 0) is 86.2 Å². The Morgan fingerprint density at radius 1 is 0.936 bits per heavy atom. The van der Waals surface area contributed by atoms with Crippen molar-refractivity contribution < 1.29 is 19.1 Å². The Labute approximate surface area is 286 Å². The molecule has 47 heavy (non-hydrogen) atoms. The Kier molecular flexibility index (Phi) is 11.5. The van der Waals surface area contributed by atoms with Gasteiger partial charge in [-0.15, -0.1) is 23.1 Å². The number of amides is 3. The molecule has 0 fully saturated rings. The van der Waals surface area contributed by atoms with Crippen LogP contribution in [0.4, 0.5) is 10.8 Å². The molecule has 0 aliphatic carbocycles. The zero-order valence-corrected chi connectivity index (χ0v) is 27.9. The largest absolute Gasteiger partial charge is 0.494 e. The molecule has 5 rings (SSSR count). The monoisotopic (exact) mass is 682 g/mol. The molecule has 4 aromatic carbocycles. The van der Waals surface area contributed by atoms with Gasteiger partial charge in [0.2, 0.25) is 5.91 Å². The highest BCUT2D eigenvalue weighted by Crippen LogP contribution is 2.30. The van der Waals surface area contributed by atoms with Crippen LogP contribution < -0.4 is 20.7 Å². The highest BCUT2D eigenvalue weighted by Gasteiger charge is 2.19. The van der Waals surface area contributed by atoms with Crippen molar-refractivity contribution >= 4 is 69.3 Å². The van der Waals surface area contributed by atoms with Gasteiger partial charge in [0.1, 0.15) is 11.4 Å². The number of thioether (sulfide) groups is 1. The Morgan fingerprint density at radius 2 is 1.68 bits per heavy atom. The molecule has 5 aromatic rings. The molecule has 1 unspecified atom stereocenters. The predicted octanol–water partition coefficient (Wildman–Crippen LogP) is 8.39. The van der Waals surface area contributed by atoms with Crippen molar-refractivity contribution in [3.05, 3.63) is 130 Å². The van der Waals surface area contributed by atoms with Gasteiger partial charge in [-0.2, -0.15) is 0 Å². The van der Waals surface area contributed by atoms with Crippen molar-refractivity contribution in [3.8, 4) is 17.0 Å². The van der Waals surface area contributed by atoms with Crippen LogP contribution in [0.3, 0.4) is 0 Å². The van der Waals surface area contributed by atoms with Crippen LogP contribution >= 0.6 is 34.7 Å². The van der Waals surface area contributed by atoms with Crippen molar-refractivity contribution in [2.24, 2.45) is 0 Å². The number of hydrogen-bond donors (Lipinski definition) is 3. The maximum Gasteiger partial charge on any atom is 0.272 e. The molecule has 0 bridgehead atoms. The maximum atomic E-state index is 13.5. The lowest BCUT2D eigenvalue weighted by Gasteiger charge is -2.14. The molecule has 0 saturated heterocycles. The number of thiazole rings is 1. The van der Waals surface area contributed by atoms with Gasteiger partial charge in [0, 0.05) is 32.1 Å². The lowest BCUT2D eigenvalue weighted by atomic mass is 10.1. The second-order valence-corrected chi connectivity index (χ2v) is 12.8. The summed E-state index contributed by atoms with van der Waals surface area (Å²) < 4.78 is 5.50. The first-order chi connectivity index (χ1) is 22.8. The van der Waals surface area contributed by atoms with Crippen LogP contribution in [0.2, 0.25) is 5.02 Å². The third-order valence-corrected chi connectivity index (χ3v) is 8.90. The third-order valence-electron chi connectivity index (χ3n) is 6.70. The number of anilines is 2. The van der Waals surface area contributed by atoms with Crippen LogP contribution in [0, 0.1) is 0 Å². The minimum absolute atomic E-state index is 0.0193. The van der Waals surface area contributed by atoms with Crippen molar-refractivity contribution in [2.45, 2.75) is 24.0 Å². The summed E-state index contributed by atoms with van der Waals surface area (Å²) in [6, 6.07) is 30.4. The molecular formula is C36H31ClN4O4S2. The van der Waals surface area contributed by atoms with E-state index in [0.29, 0.717) is 33.6 Å². The van der Waals surface area contributed by atoms with E-state index >= 15 is 0 Å². The molecule has 0 aliphatic rings. The van der Waals surface area contributed by atoms with E-state index < -0.39 is 17.1 Å². The minimum atomic E-state index is -0.533. The lowest BCUT2D eigenvalue weighted by molar-refractivity contribution is -0.115. The molecule has 1 heterocycles. The third kappa shape index (κ3) is 9.32. The highest BCUT2D eigenvalue weighted by atomic mass is 35.5. The van der Waals surface area contributed by atoms with Crippen molar-refractivity contribution in [1.29, 1.82) is 0 Å². The van der Waals surface area contributed by atoms with Crippen LogP contribution in [0.25, 0.3) is 17.3 Å². The quantitative estimate of drug-likeness (QED) is 0.0901. The van der Waals surface area contributed by atoms with Crippen molar-refractivity contribution in [1.82, 2.24) is 10.3 Å². The number of nitrogens with zero attached hydrogens (tertiary/aromatic N) is 1. The van der Waals surface area contributed by atoms with Gasteiger partial charge < -0.3 is 20.7 Å². The molecule has 0 spiro atoms. The van der Waals surface area contributed by atoms with Crippen LogP contribution in [0.15, 0.2) is 119 Å². The summed E-state index contributed by atoms with van der Waals surface area (Å²) in [4.78, 5) is 44.8. The standard InChI is InChI=1S/C36H31ClN4O4S2/c1-3-45-28-18-16-24(17-19-28)32-22-46-36(40-32)41-33(42)23(2)47-29-14-9-13-27(21-29)38-35(44)31(20-26-12-7-8-15-30(26)37)39-34(43)25-10-5-4-6-11-25/h4-23H,3H2,1-2H3,(H,38,44)(H,39,43)(H,40,41,42)/b31-20+. The Morgan fingerprint density at radius 3 is 2.43 bits per heavy atom. The number of hydrogen-bond acceptors (Lipinski definition) is 7. The molecule has 3 N–H and O–H groups in total. The summed E-state index contributed by atoms with van der Waals surface area (Å²) in [7, 11) is 0. The van der Waals surface area contributed by atoms with Gasteiger partial charge >= 0.3 is 0 Å². The molecule has 0 radical (unpaired) electrons. The Balaban J connectivity index is 1.24. The van der Waals surface area contributed by atoms with E-state index in [1.165, 1.54) is 29.2 Å². The predicted molar refractivity (Wildman–Crippen MR) is 191 cm³/mol. The van der Waals surface area contributed by atoms with Crippen LogP contribution in [-0.4, -0.2) is 34.6 Å². The fourth-order valence-corrected chi connectivity index (χ4v) is 6.19. The van der Waals surface area contributed by atoms with E-state index in [1.807, 2.05) is 42.6 Å². The summed E-state index contributed by atoms with van der Waals surface area (Å²) in [6.07, 6.45) is 1.53. The van der Waals surface area contributed by atoms with Crippen LogP contribution in [0.1, 0.15) is 29.8 Å². The molecular weight excluding hydrogens is 652 g/mol. The molecule has 8 nitrogen and oxygen atoms in total. The number of carbonyl (C=O) groups excluding carboxylic acids is 3. The molecule has 1 atom stereocenters. The SMILES string of the molecule is CCOc1ccc(-c2csc(NC(=O)C(C)Sc3cccc(NC(=O)/C(=C\c4ccccc4Cl)NC(=O)c4ccccc4)c3)n2)cc1. The fourth-order valence-electron chi connectivity index (χ4n) is 4.35. The Bertz CT molecular complexity index is 1890. The highest BCUT2D eigenvalue weighted by molar-refractivity contribution is 8.00. The van der Waals surface area contributed by atoms with Gasteiger partial charge in [0.15, 0.2) is 5.13 Å². The summed E-state index contributed by atoms with van der Waals surface area (Å²) in [5.74, 6) is -0.381. The molecule has 238 valence electrons. The zero-order chi connectivity index (χ0) is 33.2. The number of rotatable bonds is 12. The molecule has 0 saturated carbocycles. The van der Waals surface area contributed by atoms with Gasteiger partial charge in [0.25, 0.3) is 11.8 Å². The first-order valence-electron chi connectivity index (χ1n) is 14.7. The van der Waals surface area contributed by atoms with E-state index in [4.69, 9.17) is 16.3 Å². The minimum Gasteiger partial charge on any atom is -0.494 e. The molecule has 0 aliphatic heterocycles. The average molecular weight is 683 g/mol. The van der Waals surface area contributed by atoms with E-state index in [1.54, 1.807) is 79.7 Å². The van der Waals surface area contributed by atoms with Gasteiger partial charge in [0.05, 0.1) is 17.6 Å². The van der Waals surface area contributed by atoms with E-state index in [9.17, 15) is 14.4 Å². The molecule has 11 heteroatoms. The normalized spacial score (nSPS) is 11.8.